The van der Waals surface area contributed by atoms with Crippen molar-refractivity contribution in [3.63, 3.8) is 0 Å². The normalized spacial score (nSPS) is 23.7. The van der Waals surface area contributed by atoms with Crippen molar-refractivity contribution in [2.75, 3.05) is 13.2 Å². The second-order valence-corrected chi connectivity index (χ2v) is 5.15. The van der Waals surface area contributed by atoms with E-state index < -0.39 is 0 Å². The second kappa shape index (κ2) is 5.17. The van der Waals surface area contributed by atoms with E-state index in [0.29, 0.717) is 24.4 Å². The van der Waals surface area contributed by atoms with Crippen LogP contribution >= 0.6 is 0 Å². The van der Waals surface area contributed by atoms with Gasteiger partial charge in [0, 0.05) is 18.0 Å². The summed E-state index contributed by atoms with van der Waals surface area (Å²) >= 11 is 0. The van der Waals surface area contributed by atoms with Crippen molar-refractivity contribution in [1.82, 2.24) is 20.3 Å². The SMILES string of the molecule is CCOc1ccc2[nH]c(C3CCNC(C)C3)nc2n1. The number of fused-ring (bicyclic) bond motifs is 1. The van der Waals surface area contributed by atoms with Crippen LogP contribution in [0.3, 0.4) is 0 Å². The molecular weight excluding hydrogens is 240 g/mol. The van der Waals surface area contributed by atoms with Gasteiger partial charge in [0.1, 0.15) is 5.82 Å². The van der Waals surface area contributed by atoms with Gasteiger partial charge in [0.2, 0.25) is 5.88 Å². The van der Waals surface area contributed by atoms with Crippen molar-refractivity contribution in [3.8, 4) is 5.88 Å². The molecule has 19 heavy (non-hydrogen) atoms. The van der Waals surface area contributed by atoms with Crippen molar-refractivity contribution in [1.29, 1.82) is 0 Å². The Morgan fingerprint density at radius 1 is 1.37 bits per heavy atom. The number of aromatic amines is 1. The number of imidazole rings is 1. The molecule has 1 aliphatic rings. The first-order chi connectivity index (χ1) is 9.26. The van der Waals surface area contributed by atoms with E-state index in [4.69, 9.17) is 4.74 Å². The lowest BCUT2D eigenvalue weighted by molar-refractivity contribution is 0.328. The summed E-state index contributed by atoms with van der Waals surface area (Å²) in [4.78, 5) is 12.5. The molecule has 2 aromatic heterocycles. The summed E-state index contributed by atoms with van der Waals surface area (Å²) < 4.78 is 5.41. The Bertz CT molecular complexity index is 566. The molecule has 5 nitrogen and oxygen atoms in total. The topological polar surface area (TPSA) is 62.8 Å². The molecule has 1 aliphatic heterocycles. The van der Waals surface area contributed by atoms with Crippen LogP contribution in [0.25, 0.3) is 11.2 Å². The molecule has 0 aromatic carbocycles. The average Bonchev–Trinajstić information content (AvgIpc) is 2.82. The number of hydrogen-bond donors (Lipinski definition) is 2. The first-order valence-electron chi connectivity index (χ1n) is 6.99. The summed E-state index contributed by atoms with van der Waals surface area (Å²) in [7, 11) is 0. The van der Waals surface area contributed by atoms with Gasteiger partial charge in [-0.05, 0) is 39.3 Å². The van der Waals surface area contributed by atoms with Crippen LogP contribution in [-0.4, -0.2) is 34.1 Å². The summed E-state index contributed by atoms with van der Waals surface area (Å²) in [6, 6.07) is 4.44. The highest BCUT2D eigenvalue weighted by Crippen LogP contribution is 2.27. The molecule has 5 heteroatoms. The molecule has 0 aliphatic carbocycles. The fraction of sp³-hybridized carbons (Fsp3) is 0.571. The van der Waals surface area contributed by atoms with E-state index in [9.17, 15) is 0 Å². The van der Waals surface area contributed by atoms with Crippen molar-refractivity contribution in [3.05, 3.63) is 18.0 Å². The monoisotopic (exact) mass is 260 g/mol. The third kappa shape index (κ3) is 2.56. The minimum absolute atomic E-state index is 0.501. The molecule has 1 saturated heterocycles. The van der Waals surface area contributed by atoms with Gasteiger partial charge in [-0.3, -0.25) is 0 Å². The number of H-pyrrole nitrogens is 1. The lowest BCUT2D eigenvalue weighted by atomic mass is 9.93. The predicted molar refractivity (Wildman–Crippen MR) is 74.5 cm³/mol. The number of nitrogens with one attached hydrogen (secondary N) is 2. The molecule has 1 fully saturated rings. The molecular formula is C14H20N4O. The molecule has 0 spiro atoms. The molecule has 0 bridgehead atoms. The zero-order valence-corrected chi connectivity index (χ0v) is 11.4. The van der Waals surface area contributed by atoms with Crippen molar-refractivity contribution < 1.29 is 4.74 Å². The van der Waals surface area contributed by atoms with Crippen molar-refractivity contribution >= 4 is 11.2 Å². The zero-order chi connectivity index (χ0) is 13.2. The van der Waals surface area contributed by atoms with Gasteiger partial charge >= 0.3 is 0 Å². The van der Waals surface area contributed by atoms with Gasteiger partial charge in [0.25, 0.3) is 0 Å². The summed E-state index contributed by atoms with van der Waals surface area (Å²) in [6.07, 6.45) is 2.25. The van der Waals surface area contributed by atoms with E-state index in [1.165, 1.54) is 0 Å². The van der Waals surface area contributed by atoms with Crippen LogP contribution in [0.15, 0.2) is 12.1 Å². The number of pyridine rings is 1. The van der Waals surface area contributed by atoms with Gasteiger partial charge in [-0.2, -0.15) is 4.98 Å². The van der Waals surface area contributed by atoms with Gasteiger partial charge in [-0.25, -0.2) is 4.98 Å². The Kier molecular flexibility index (Phi) is 3.38. The number of rotatable bonds is 3. The van der Waals surface area contributed by atoms with Crippen LogP contribution in [0, 0.1) is 0 Å². The zero-order valence-electron chi connectivity index (χ0n) is 11.4. The Labute approximate surface area is 112 Å². The van der Waals surface area contributed by atoms with Crippen LogP contribution < -0.4 is 10.1 Å². The lowest BCUT2D eigenvalue weighted by Gasteiger charge is -2.26. The molecule has 2 aromatic rings. The lowest BCUT2D eigenvalue weighted by Crippen LogP contribution is -2.35. The summed E-state index contributed by atoms with van der Waals surface area (Å²) in [5.41, 5.74) is 1.75. The maximum absolute atomic E-state index is 5.41. The van der Waals surface area contributed by atoms with Gasteiger partial charge in [0.05, 0.1) is 12.1 Å². The predicted octanol–water partition coefficient (Wildman–Crippen LogP) is 2.21. The Balaban J connectivity index is 1.88. The summed E-state index contributed by atoms with van der Waals surface area (Å²) in [5.74, 6) is 2.21. The summed E-state index contributed by atoms with van der Waals surface area (Å²) in [6.45, 7) is 5.86. The Morgan fingerprint density at radius 2 is 2.26 bits per heavy atom. The highest BCUT2D eigenvalue weighted by Gasteiger charge is 2.22. The molecule has 2 atom stereocenters. The Morgan fingerprint density at radius 3 is 3.05 bits per heavy atom. The summed E-state index contributed by atoms with van der Waals surface area (Å²) in [5, 5.41) is 3.46. The number of aromatic nitrogens is 3. The smallest absolute Gasteiger partial charge is 0.215 e. The van der Waals surface area contributed by atoms with E-state index in [1.54, 1.807) is 0 Å². The molecule has 3 rings (SSSR count). The molecule has 2 unspecified atom stereocenters. The average molecular weight is 260 g/mol. The van der Waals surface area contributed by atoms with Gasteiger partial charge in [-0.15, -0.1) is 0 Å². The first-order valence-corrected chi connectivity index (χ1v) is 6.99. The highest BCUT2D eigenvalue weighted by molar-refractivity contribution is 5.71. The second-order valence-electron chi connectivity index (χ2n) is 5.15. The number of hydrogen-bond acceptors (Lipinski definition) is 4. The number of nitrogens with zero attached hydrogens (tertiary/aromatic N) is 2. The maximum atomic E-state index is 5.41. The molecule has 0 radical (unpaired) electrons. The minimum atomic E-state index is 0.501. The third-order valence-electron chi connectivity index (χ3n) is 3.64. The van der Waals surface area contributed by atoms with E-state index >= 15 is 0 Å². The largest absolute Gasteiger partial charge is 0.478 e. The standard InChI is InChI=1S/C14H20N4O/c1-3-19-12-5-4-11-14(17-12)18-13(16-11)10-6-7-15-9(2)8-10/h4-5,9-10,15H,3,6-8H2,1-2H3,(H,16,17,18). The van der Waals surface area contributed by atoms with Crippen molar-refractivity contribution in [2.45, 2.75) is 38.6 Å². The molecule has 2 N–H and O–H groups in total. The van der Waals surface area contributed by atoms with E-state index in [-0.39, 0.29) is 0 Å². The molecule has 102 valence electrons. The van der Waals surface area contributed by atoms with Crippen molar-refractivity contribution in [2.24, 2.45) is 0 Å². The van der Waals surface area contributed by atoms with Crippen LogP contribution in [0.1, 0.15) is 38.4 Å². The third-order valence-corrected chi connectivity index (χ3v) is 3.64. The van der Waals surface area contributed by atoms with Gasteiger partial charge in [0.15, 0.2) is 5.65 Å². The molecule has 3 heterocycles. The quantitative estimate of drug-likeness (QED) is 0.888. The van der Waals surface area contributed by atoms with Gasteiger partial charge in [-0.1, -0.05) is 0 Å². The highest BCUT2D eigenvalue weighted by atomic mass is 16.5. The minimum Gasteiger partial charge on any atom is -0.478 e. The maximum Gasteiger partial charge on any atom is 0.215 e. The van der Waals surface area contributed by atoms with E-state index in [1.807, 2.05) is 19.1 Å². The molecule has 0 amide bonds. The van der Waals surface area contributed by atoms with Crippen LogP contribution in [-0.2, 0) is 0 Å². The fourth-order valence-electron chi connectivity index (χ4n) is 2.70. The first kappa shape index (κ1) is 12.4. The molecule has 0 saturated carbocycles. The van der Waals surface area contributed by atoms with Crippen LogP contribution in [0.4, 0.5) is 0 Å². The fourth-order valence-corrected chi connectivity index (χ4v) is 2.70. The van der Waals surface area contributed by atoms with Crippen LogP contribution in [0.2, 0.25) is 0 Å². The number of ether oxygens (including phenoxy) is 1. The van der Waals surface area contributed by atoms with Crippen LogP contribution in [0.5, 0.6) is 5.88 Å². The Hall–Kier alpha value is -1.62. The van der Waals surface area contributed by atoms with Gasteiger partial charge < -0.3 is 15.0 Å². The van der Waals surface area contributed by atoms with E-state index in [2.05, 4.69) is 27.2 Å². The number of piperidine rings is 1. The van der Waals surface area contributed by atoms with E-state index in [0.717, 1.165) is 36.4 Å².